The summed E-state index contributed by atoms with van der Waals surface area (Å²) in [7, 11) is 0. The van der Waals surface area contributed by atoms with E-state index in [0.29, 0.717) is 45.3 Å². The second kappa shape index (κ2) is 15.0. The molecule has 0 radical (unpaired) electrons. The smallest absolute Gasteiger partial charge is 0.245 e. The Morgan fingerprint density at radius 2 is 1.57 bits per heavy atom. The highest BCUT2D eigenvalue weighted by Crippen LogP contribution is 2.20. The zero-order chi connectivity index (χ0) is 29.9. The first-order valence-electron chi connectivity index (χ1n) is 14.5. The third kappa shape index (κ3) is 8.30. The van der Waals surface area contributed by atoms with Crippen molar-refractivity contribution in [2.45, 2.75) is 50.2 Å². The minimum absolute atomic E-state index is 0.140. The molecule has 3 amide bonds. The second-order valence-corrected chi connectivity index (χ2v) is 10.7. The van der Waals surface area contributed by atoms with E-state index in [1.807, 2.05) is 60.7 Å². The first-order chi connectivity index (χ1) is 20.4. The molecule has 4 rings (SSSR count). The van der Waals surface area contributed by atoms with Crippen LogP contribution in [0.1, 0.15) is 29.5 Å². The molecule has 8 nitrogen and oxygen atoms in total. The molecule has 220 valence electrons. The Morgan fingerprint density at radius 3 is 2.21 bits per heavy atom. The van der Waals surface area contributed by atoms with Crippen LogP contribution < -0.4 is 11.1 Å². The fraction of sp³-hybridized carbons (Fsp3) is 0.324. The van der Waals surface area contributed by atoms with Crippen molar-refractivity contribution in [3.63, 3.8) is 0 Å². The van der Waals surface area contributed by atoms with Gasteiger partial charge in [0, 0.05) is 26.1 Å². The number of hydrogen-bond donors (Lipinski definition) is 3. The molecule has 1 saturated heterocycles. The number of aromatic hydroxyl groups is 1. The van der Waals surface area contributed by atoms with Crippen LogP contribution >= 0.6 is 0 Å². The van der Waals surface area contributed by atoms with Crippen LogP contribution in [-0.4, -0.2) is 70.4 Å². The van der Waals surface area contributed by atoms with Crippen LogP contribution in [0.3, 0.4) is 0 Å². The lowest BCUT2D eigenvalue weighted by molar-refractivity contribution is -0.141. The molecule has 0 aliphatic carbocycles. The van der Waals surface area contributed by atoms with Gasteiger partial charge in [-0.25, -0.2) is 0 Å². The SMILES string of the molecule is C=CCN(CCc1ccccc1)C(=O)[C@H](Cc1ccccc1)NC(=O)[C@@H]1CCCN1C(=O)[C@@H](N)Cc1ccc(O)cc1. The predicted molar refractivity (Wildman–Crippen MR) is 164 cm³/mol. The number of likely N-dealkylation sites (tertiary alicyclic amines) is 1. The average molecular weight is 569 g/mol. The van der Waals surface area contributed by atoms with Gasteiger partial charge in [-0.2, -0.15) is 0 Å². The van der Waals surface area contributed by atoms with E-state index in [1.165, 1.54) is 0 Å². The van der Waals surface area contributed by atoms with Crippen molar-refractivity contribution in [2.75, 3.05) is 19.6 Å². The van der Waals surface area contributed by atoms with E-state index in [1.54, 1.807) is 40.1 Å². The molecule has 8 heteroatoms. The summed E-state index contributed by atoms with van der Waals surface area (Å²) in [6, 6.07) is 23.8. The summed E-state index contributed by atoms with van der Waals surface area (Å²) < 4.78 is 0. The minimum Gasteiger partial charge on any atom is -0.508 e. The normalized spacial score (nSPS) is 15.9. The molecular weight excluding hydrogens is 528 g/mol. The Hall–Kier alpha value is -4.43. The maximum Gasteiger partial charge on any atom is 0.245 e. The monoisotopic (exact) mass is 568 g/mol. The van der Waals surface area contributed by atoms with Gasteiger partial charge in [0.25, 0.3) is 0 Å². The number of carbonyl (C=O) groups is 3. The number of nitrogens with zero attached hydrogens (tertiary/aromatic N) is 2. The van der Waals surface area contributed by atoms with E-state index < -0.39 is 18.1 Å². The van der Waals surface area contributed by atoms with E-state index in [0.717, 1.165) is 16.7 Å². The predicted octanol–water partition coefficient (Wildman–Crippen LogP) is 3.24. The van der Waals surface area contributed by atoms with Crippen molar-refractivity contribution in [1.29, 1.82) is 0 Å². The number of carbonyl (C=O) groups excluding carboxylic acids is 3. The summed E-state index contributed by atoms with van der Waals surface area (Å²) in [4.78, 5) is 44.2. The summed E-state index contributed by atoms with van der Waals surface area (Å²) in [5.41, 5.74) is 9.14. The van der Waals surface area contributed by atoms with Crippen molar-refractivity contribution in [2.24, 2.45) is 5.73 Å². The van der Waals surface area contributed by atoms with Gasteiger partial charge in [0.05, 0.1) is 6.04 Å². The molecule has 1 aliphatic rings. The molecule has 42 heavy (non-hydrogen) atoms. The molecule has 0 aromatic heterocycles. The summed E-state index contributed by atoms with van der Waals surface area (Å²) in [6.07, 6.45) is 4.16. The maximum absolute atomic E-state index is 13.9. The quantitative estimate of drug-likeness (QED) is 0.274. The highest BCUT2D eigenvalue weighted by Gasteiger charge is 2.38. The number of hydrogen-bond acceptors (Lipinski definition) is 5. The van der Waals surface area contributed by atoms with Crippen LogP contribution in [0.5, 0.6) is 5.75 Å². The standard InChI is InChI=1S/C34H40N4O4/c1-2-20-37(22-19-25-10-5-3-6-11-25)34(42)30(24-26-12-7-4-8-13-26)36-32(40)31-14-9-21-38(31)33(41)29(35)23-27-15-17-28(39)18-16-27/h2-8,10-13,15-18,29-31,39H,1,9,14,19-24,35H2,(H,36,40)/t29-,30-,31-/m0/s1. The zero-order valence-corrected chi connectivity index (χ0v) is 23.9. The Kier molecular flexibility index (Phi) is 10.9. The molecule has 1 aliphatic heterocycles. The number of rotatable bonds is 13. The van der Waals surface area contributed by atoms with Crippen molar-refractivity contribution >= 4 is 17.7 Å². The number of phenolic OH excluding ortho intramolecular Hbond substituents is 1. The van der Waals surface area contributed by atoms with Crippen LogP contribution in [-0.2, 0) is 33.6 Å². The first-order valence-corrected chi connectivity index (χ1v) is 14.5. The van der Waals surface area contributed by atoms with Crippen LogP contribution in [0.4, 0.5) is 0 Å². The Bertz CT molecular complexity index is 1330. The number of phenols is 1. The lowest BCUT2D eigenvalue weighted by Crippen LogP contribution is -2.56. The van der Waals surface area contributed by atoms with Crippen LogP contribution in [0, 0.1) is 0 Å². The van der Waals surface area contributed by atoms with Crippen molar-refractivity contribution in [3.05, 3.63) is 114 Å². The van der Waals surface area contributed by atoms with Crippen molar-refractivity contribution in [3.8, 4) is 5.75 Å². The van der Waals surface area contributed by atoms with E-state index in [9.17, 15) is 19.5 Å². The average Bonchev–Trinajstić information content (AvgIpc) is 3.50. The molecule has 1 heterocycles. The first kappa shape index (κ1) is 30.5. The molecule has 0 bridgehead atoms. The molecule has 4 N–H and O–H groups in total. The van der Waals surface area contributed by atoms with E-state index in [4.69, 9.17) is 5.73 Å². The second-order valence-electron chi connectivity index (χ2n) is 10.7. The lowest BCUT2D eigenvalue weighted by atomic mass is 10.0. The molecule has 3 aromatic carbocycles. The van der Waals surface area contributed by atoms with Gasteiger partial charge in [0.15, 0.2) is 0 Å². The topological polar surface area (TPSA) is 116 Å². The number of amides is 3. The third-order valence-corrected chi connectivity index (χ3v) is 7.62. The largest absolute Gasteiger partial charge is 0.508 e. The van der Waals surface area contributed by atoms with Crippen molar-refractivity contribution < 1.29 is 19.5 Å². The van der Waals surface area contributed by atoms with Gasteiger partial charge in [-0.3, -0.25) is 14.4 Å². The van der Waals surface area contributed by atoms with Crippen LogP contribution in [0.15, 0.2) is 97.6 Å². The summed E-state index contributed by atoms with van der Waals surface area (Å²) >= 11 is 0. The molecule has 1 fully saturated rings. The van der Waals surface area contributed by atoms with E-state index >= 15 is 0 Å². The zero-order valence-electron chi connectivity index (χ0n) is 23.9. The fourth-order valence-corrected chi connectivity index (χ4v) is 5.38. The highest BCUT2D eigenvalue weighted by molar-refractivity contribution is 5.93. The summed E-state index contributed by atoms with van der Waals surface area (Å²) in [6.45, 7) is 5.10. The Labute approximate surface area is 247 Å². The maximum atomic E-state index is 13.9. The lowest BCUT2D eigenvalue weighted by Gasteiger charge is -2.30. The highest BCUT2D eigenvalue weighted by atomic mass is 16.3. The van der Waals surface area contributed by atoms with Gasteiger partial charge in [0.2, 0.25) is 17.7 Å². The van der Waals surface area contributed by atoms with Gasteiger partial charge in [-0.05, 0) is 54.5 Å². The number of benzene rings is 3. The van der Waals surface area contributed by atoms with Crippen molar-refractivity contribution in [1.82, 2.24) is 15.1 Å². The van der Waals surface area contributed by atoms with E-state index in [2.05, 4.69) is 11.9 Å². The number of nitrogens with two attached hydrogens (primary N) is 1. The molecule has 0 saturated carbocycles. The minimum atomic E-state index is -0.828. The fourth-order valence-electron chi connectivity index (χ4n) is 5.38. The number of nitrogens with one attached hydrogen (secondary N) is 1. The van der Waals surface area contributed by atoms with Gasteiger partial charge in [-0.15, -0.1) is 6.58 Å². The molecule has 3 aromatic rings. The summed E-state index contributed by atoms with van der Waals surface area (Å²) in [5.74, 6) is -0.708. The molecule has 0 spiro atoms. The molecule has 0 unspecified atom stereocenters. The Balaban J connectivity index is 1.47. The van der Waals surface area contributed by atoms with Crippen LogP contribution in [0.25, 0.3) is 0 Å². The Morgan fingerprint density at radius 1 is 0.952 bits per heavy atom. The van der Waals surface area contributed by atoms with Gasteiger partial charge in [-0.1, -0.05) is 78.9 Å². The van der Waals surface area contributed by atoms with Crippen LogP contribution in [0.2, 0.25) is 0 Å². The summed E-state index contributed by atoms with van der Waals surface area (Å²) in [5, 5.41) is 12.5. The third-order valence-electron chi connectivity index (χ3n) is 7.62. The molecular formula is C34H40N4O4. The van der Waals surface area contributed by atoms with Gasteiger partial charge >= 0.3 is 0 Å². The van der Waals surface area contributed by atoms with Gasteiger partial charge in [0.1, 0.15) is 17.8 Å². The van der Waals surface area contributed by atoms with E-state index in [-0.39, 0.29) is 29.9 Å². The molecule has 3 atom stereocenters. The van der Waals surface area contributed by atoms with Gasteiger partial charge < -0.3 is 26.0 Å².